The summed E-state index contributed by atoms with van der Waals surface area (Å²) in [4.78, 5) is 20.1. The molecule has 0 aliphatic heterocycles. The molecule has 0 spiro atoms. The molecule has 5 aromatic rings. The highest BCUT2D eigenvalue weighted by molar-refractivity contribution is 7.89. The minimum atomic E-state index is -3.74. The van der Waals surface area contributed by atoms with Gasteiger partial charge in [-0.1, -0.05) is 41.7 Å². The summed E-state index contributed by atoms with van der Waals surface area (Å²) in [5, 5.41) is 4.78. The second kappa shape index (κ2) is 11.4. The molecule has 0 radical (unpaired) electrons. The normalized spacial score (nSPS) is 11.7. The predicted molar refractivity (Wildman–Crippen MR) is 152 cm³/mol. The summed E-state index contributed by atoms with van der Waals surface area (Å²) in [5.74, 6) is 0.427. The van der Waals surface area contributed by atoms with Gasteiger partial charge < -0.3 is 4.74 Å². The maximum Gasteiger partial charge on any atom is 0.260 e. The summed E-state index contributed by atoms with van der Waals surface area (Å²) in [5.41, 5.74) is 2.00. The molecule has 11 heteroatoms. The molecule has 0 bridgehead atoms. The van der Waals surface area contributed by atoms with Crippen molar-refractivity contribution < 1.29 is 17.9 Å². The summed E-state index contributed by atoms with van der Waals surface area (Å²) in [6.07, 6.45) is 3.52. The fourth-order valence-corrected chi connectivity index (χ4v) is 6.26. The summed E-state index contributed by atoms with van der Waals surface area (Å²) >= 11 is 1.39. The Morgan fingerprint density at radius 2 is 1.79 bits per heavy atom. The molecular formula is C28H27N5O4S2. The number of rotatable bonds is 10. The van der Waals surface area contributed by atoms with E-state index in [1.165, 1.54) is 27.8 Å². The van der Waals surface area contributed by atoms with Crippen molar-refractivity contribution in [2.45, 2.75) is 18.0 Å². The molecule has 2 heterocycles. The number of carbonyl (C=O) groups excluding carboxylic acids is 1. The average molecular weight is 562 g/mol. The van der Waals surface area contributed by atoms with E-state index in [0.29, 0.717) is 29.5 Å². The van der Waals surface area contributed by atoms with Gasteiger partial charge in [-0.3, -0.25) is 14.4 Å². The quantitative estimate of drug-likeness (QED) is 0.246. The SMILES string of the molecule is COc1ccc2nc(N(CCn3cccn3)C(=O)c3ccc(S(=O)(=O)N(C)Cc4ccccc4)cc3)sc2c1. The number of ether oxygens (including phenoxy) is 1. The molecule has 0 aliphatic carbocycles. The van der Waals surface area contributed by atoms with Crippen LogP contribution in [0.4, 0.5) is 5.13 Å². The Hall–Kier alpha value is -4.06. The number of sulfonamides is 1. The number of fused-ring (bicyclic) bond motifs is 1. The molecule has 39 heavy (non-hydrogen) atoms. The third-order valence-corrected chi connectivity index (χ3v) is 9.09. The maximum absolute atomic E-state index is 13.7. The van der Waals surface area contributed by atoms with Crippen molar-refractivity contribution in [2.75, 3.05) is 25.6 Å². The van der Waals surface area contributed by atoms with E-state index >= 15 is 0 Å². The molecule has 0 saturated carbocycles. The summed E-state index contributed by atoms with van der Waals surface area (Å²) in [6, 6.07) is 22.8. The summed E-state index contributed by atoms with van der Waals surface area (Å²) < 4.78 is 35.6. The Kier molecular flexibility index (Phi) is 7.73. The molecule has 0 N–H and O–H groups in total. The van der Waals surface area contributed by atoms with Crippen LogP contribution in [0, 0.1) is 0 Å². The first kappa shape index (κ1) is 26.5. The van der Waals surface area contributed by atoms with Gasteiger partial charge in [0.2, 0.25) is 10.0 Å². The topological polar surface area (TPSA) is 97.6 Å². The number of hydrogen-bond acceptors (Lipinski definition) is 7. The van der Waals surface area contributed by atoms with Crippen LogP contribution >= 0.6 is 11.3 Å². The third kappa shape index (κ3) is 5.85. The van der Waals surface area contributed by atoms with E-state index in [1.54, 1.807) is 42.1 Å². The number of anilines is 1. The lowest BCUT2D eigenvalue weighted by molar-refractivity contribution is 0.0985. The number of aromatic nitrogens is 3. The number of carbonyl (C=O) groups is 1. The molecule has 0 unspecified atom stereocenters. The standard InChI is InChI=1S/C28H27N5O4S2/c1-31(20-21-7-4-3-5-8-21)39(35,36)24-12-9-22(10-13-24)27(34)33(18-17-32-16-6-15-29-32)28-30-25-14-11-23(37-2)19-26(25)38-28/h3-16,19H,17-18,20H2,1-2H3. The molecular weight excluding hydrogens is 534 g/mol. The molecule has 1 amide bonds. The molecule has 5 rings (SSSR count). The largest absolute Gasteiger partial charge is 0.497 e. The van der Waals surface area contributed by atoms with Gasteiger partial charge in [0, 0.05) is 38.1 Å². The van der Waals surface area contributed by atoms with Crippen molar-refractivity contribution in [2.24, 2.45) is 0 Å². The Morgan fingerprint density at radius 3 is 2.49 bits per heavy atom. The Labute approximate surface area is 230 Å². The molecule has 0 fully saturated rings. The lowest BCUT2D eigenvalue weighted by atomic mass is 10.2. The summed E-state index contributed by atoms with van der Waals surface area (Å²) in [6.45, 7) is 1.04. The average Bonchev–Trinajstić information content (AvgIpc) is 3.63. The first-order chi connectivity index (χ1) is 18.8. The van der Waals surface area contributed by atoms with Crippen LogP contribution < -0.4 is 9.64 Å². The number of amides is 1. The van der Waals surface area contributed by atoms with E-state index in [2.05, 4.69) is 5.10 Å². The summed E-state index contributed by atoms with van der Waals surface area (Å²) in [7, 11) is -0.595. The van der Waals surface area contributed by atoms with Gasteiger partial charge in [0.05, 0.1) is 28.8 Å². The van der Waals surface area contributed by atoms with Crippen molar-refractivity contribution in [1.29, 1.82) is 0 Å². The van der Waals surface area contributed by atoms with Crippen LogP contribution in [-0.2, 0) is 23.1 Å². The van der Waals surface area contributed by atoms with Crippen LogP contribution in [0.2, 0.25) is 0 Å². The maximum atomic E-state index is 13.7. The van der Waals surface area contributed by atoms with Gasteiger partial charge in [0.1, 0.15) is 5.75 Å². The van der Waals surface area contributed by atoms with Gasteiger partial charge in [-0.05, 0) is 54.1 Å². The highest BCUT2D eigenvalue weighted by atomic mass is 32.2. The molecule has 9 nitrogen and oxygen atoms in total. The van der Waals surface area contributed by atoms with E-state index in [4.69, 9.17) is 9.72 Å². The minimum Gasteiger partial charge on any atom is -0.497 e. The zero-order chi connectivity index (χ0) is 27.4. The number of nitrogens with zero attached hydrogens (tertiary/aromatic N) is 5. The zero-order valence-electron chi connectivity index (χ0n) is 21.5. The van der Waals surface area contributed by atoms with Crippen molar-refractivity contribution in [1.82, 2.24) is 19.1 Å². The van der Waals surface area contributed by atoms with Gasteiger partial charge in [0.15, 0.2) is 5.13 Å². The van der Waals surface area contributed by atoms with Crippen molar-refractivity contribution in [3.8, 4) is 5.75 Å². The van der Waals surface area contributed by atoms with Crippen LogP contribution in [-0.4, -0.2) is 54.1 Å². The first-order valence-corrected chi connectivity index (χ1v) is 14.4. The molecule has 2 aromatic heterocycles. The number of thiazole rings is 1. The van der Waals surface area contributed by atoms with Crippen molar-refractivity contribution in [3.05, 3.63) is 102 Å². The fraction of sp³-hybridized carbons (Fsp3) is 0.179. The van der Waals surface area contributed by atoms with E-state index in [1.807, 2.05) is 60.8 Å². The highest BCUT2D eigenvalue weighted by Crippen LogP contribution is 2.32. The van der Waals surface area contributed by atoms with E-state index in [9.17, 15) is 13.2 Å². The monoisotopic (exact) mass is 561 g/mol. The smallest absolute Gasteiger partial charge is 0.260 e. The Balaban J connectivity index is 1.40. The van der Waals surface area contributed by atoms with E-state index < -0.39 is 10.0 Å². The van der Waals surface area contributed by atoms with E-state index in [0.717, 1.165) is 15.8 Å². The molecule has 3 aromatic carbocycles. The van der Waals surface area contributed by atoms with Crippen LogP contribution in [0.3, 0.4) is 0 Å². The number of hydrogen-bond donors (Lipinski definition) is 0. The predicted octanol–water partition coefficient (Wildman–Crippen LogP) is 4.67. The molecule has 0 atom stereocenters. The second-order valence-corrected chi connectivity index (χ2v) is 11.9. The van der Waals surface area contributed by atoms with Gasteiger partial charge in [0.25, 0.3) is 5.91 Å². The van der Waals surface area contributed by atoms with Gasteiger partial charge in [-0.2, -0.15) is 9.40 Å². The molecule has 0 saturated heterocycles. The van der Waals surface area contributed by atoms with Gasteiger partial charge in [-0.15, -0.1) is 0 Å². The van der Waals surface area contributed by atoms with Crippen molar-refractivity contribution >= 4 is 42.6 Å². The third-order valence-electron chi connectivity index (χ3n) is 6.23. The van der Waals surface area contributed by atoms with Gasteiger partial charge in [-0.25, -0.2) is 13.4 Å². The minimum absolute atomic E-state index is 0.118. The Morgan fingerprint density at radius 1 is 1.03 bits per heavy atom. The molecule has 200 valence electrons. The highest BCUT2D eigenvalue weighted by Gasteiger charge is 2.24. The fourth-order valence-electron chi connectivity index (χ4n) is 4.09. The molecule has 0 aliphatic rings. The number of benzene rings is 3. The van der Waals surface area contributed by atoms with Gasteiger partial charge >= 0.3 is 0 Å². The van der Waals surface area contributed by atoms with E-state index in [-0.39, 0.29) is 17.3 Å². The lowest BCUT2D eigenvalue weighted by Crippen LogP contribution is -2.34. The first-order valence-electron chi connectivity index (χ1n) is 12.2. The Bertz CT molecular complexity index is 1670. The zero-order valence-corrected chi connectivity index (χ0v) is 23.1. The van der Waals surface area contributed by atoms with Crippen LogP contribution in [0.1, 0.15) is 15.9 Å². The second-order valence-electron chi connectivity index (χ2n) is 8.83. The van der Waals surface area contributed by atoms with Crippen LogP contribution in [0.5, 0.6) is 5.75 Å². The van der Waals surface area contributed by atoms with Crippen LogP contribution in [0.25, 0.3) is 10.2 Å². The van der Waals surface area contributed by atoms with Crippen molar-refractivity contribution in [3.63, 3.8) is 0 Å². The lowest BCUT2D eigenvalue weighted by Gasteiger charge is -2.21. The number of methoxy groups -OCH3 is 1. The van der Waals surface area contributed by atoms with Crippen LogP contribution in [0.15, 0.2) is 96.2 Å².